The number of benzene rings is 1. The number of rotatable bonds is 6. The number of aromatic nitrogens is 3. The minimum atomic E-state index is -4.42. The van der Waals surface area contributed by atoms with Gasteiger partial charge in [-0.05, 0) is 18.1 Å². The molecule has 1 heterocycles. The number of nitrogens with one attached hydrogen (secondary N) is 1. The first-order valence-electron chi connectivity index (χ1n) is 7.60. The summed E-state index contributed by atoms with van der Waals surface area (Å²) < 4.78 is 40.2. The van der Waals surface area contributed by atoms with Crippen molar-refractivity contribution in [3.8, 4) is 0 Å². The van der Waals surface area contributed by atoms with Crippen molar-refractivity contribution >= 4 is 5.91 Å². The van der Waals surface area contributed by atoms with Crippen molar-refractivity contribution in [3.63, 3.8) is 0 Å². The molecule has 0 spiro atoms. The maximum atomic E-state index is 12.8. The highest BCUT2D eigenvalue weighted by Gasteiger charge is 2.31. The van der Waals surface area contributed by atoms with Crippen LogP contribution in [0.3, 0.4) is 0 Å². The Morgan fingerprint density at radius 1 is 1.38 bits per heavy atom. The molecule has 0 aliphatic carbocycles. The molecule has 5 nitrogen and oxygen atoms in total. The van der Waals surface area contributed by atoms with Crippen molar-refractivity contribution < 1.29 is 18.0 Å². The van der Waals surface area contributed by atoms with E-state index >= 15 is 0 Å². The van der Waals surface area contributed by atoms with Crippen LogP contribution >= 0.6 is 0 Å². The van der Waals surface area contributed by atoms with Crippen LogP contribution in [-0.2, 0) is 24.4 Å². The van der Waals surface area contributed by atoms with Gasteiger partial charge in [0.05, 0.1) is 11.5 Å². The Bertz CT molecular complexity index is 697. The zero-order valence-corrected chi connectivity index (χ0v) is 13.5. The van der Waals surface area contributed by atoms with E-state index in [0.717, 1.165) is 18.0 Å². The zero-order valence-electron chi connectivity index (χ0n) is 13.5. The van der Waals surface area contributed by atoms with Crippen molar-refractivity contribution in [2.75, 3.05) is 6.54 Å². The molecule has 2 aromatic rings. The first-order chi connectivity index (χ1) is 11.3. The number of hydrogen-bond acceptors (Lipinski definition) is 3. The number of halogens is 3. The van der Waals surface area contributed by atoms with E-state index < -0.39 is 17.7 Å². The maximum Gasteiger partial charge on any atom is 0.416 e. The highest BCUT2D eigenvalue weighted by atomic mass is 19.4. The van der Waals surface area contributed by atoms with Crippen LogP contribution in [0.5, 0.6) is 0 Å². The van der Waals surface area contributed by atoms with E-state index in [2.05, 4.69) is 15.5 Å². The lowest BCUT2D eigenvalue weighted by atomic mass is 9.94. The predicted octanol–water partition coefficient (Wildman–Crippen LogP) is 2.69. The Morgan fingerprint density at radius 2 is 2.12 bits per heavy atom. The van der Waals surface area contributed by atoms with E-state index in [9.17, 15) is 18.0 Å². The third kappa shape index (κ3) is 4.33. The van der Waals surface area contributed by atoms with Gasteiger partial charge in [-0.2, -0.15) is 13.2 Å². The summed E-state index contributed by atoms with van der Waals surface area (Å²) in [5, 5.41) is 10.4. The minimum absolute atomic E-state index is 0.293. The molecule has 0 aliphatic heterocycles. The maximum absolute atomic E-state index is 12.8. The fraction of sp³-hybridized carbons (Fsp3) is 0.438. The Kier molecular flexibility index (Phi) is 5.58. The Hall–Kier alpha value is -2.38. The van der Waals surface area contributed by atoms with Gasteiger partial charge >= 0.3 is 6.18 Å². The molecule has 0 aliphatic rings. The van der Waals surface area contributed by atoms with E-state index in [1.54, 1.807) is 30.9 Å². The van der Waals surface area contributed by atoms with E-state index in [0.29, 0.717) is 24.9 Å². The molecule has 8 heteroatoms. The summed E-state index contributed by atoms with van der Waals surface area (Å²) >= 11 is 0. The van der Waals surface area contributed by atoms with Gasteiger partial charge in [0, 0.05) is 20.0 Å². The van der Waals surface area contributed by atoms with Crippen molar-refractivity contribution in [1.82, 2.24) is 20.1 Å². The van der Waals surface area contributed by atoms with Gasteiger partial charge < -0.3 is 9.88 Å². The second-order valence-corrected chi connectivity index (χ2v) is 5.48. The largest absolute Gasteiger partial charge is 0.416 e. The number of nitrogens with zero attached hydrogens (tertiary/aromatic N) is 3. The average molecular weight is 340 g/mol. The van der Waals surface area contributed by atoms with E-state index in [4.69, 9.17) is 0 Å². The summed E-state index contributed by atoms with van der Waals surface area (Å²) in [6.07, 6.45) is -1.94. The third-order valence-corrected chi connectivity index (χ3v) is 3.79. The molecule has 1 atom stereocenters. The molecule has 0 saturated heterocycles. The second-order valence-electron chi connectivity index (χ2n) is 5.48. The topological polar surface area (TPSA) is 59.8 Å². The summed E-state index contributed by atoms with van der Waals surface area (Å²) in [5.74, 6) is -0.187. The third-order valence-electron chi connectivity index (χ3n) is 3.79. The Labute approximate surface area is 137 Å². The van der Waals surface area contributed by atoms with Crippen molar-refractivity contribution in [3.05, 3.63) is 47.5 Å². The number of carbonyl (C=O) groups excluding carboxylic acids is 1. The molecule has 0 radical (unpaired) electrons. The van der Waals surface area contributed by atoms with Crippen LogP contribution in [0.2, 0.25) is 0 Å². The van der Waals surface area contributed by atoms with E-state index in [-0.39, 0.29) is 5.91 Å². The number of aryl methyl sites for hydroxylation is 1. The van der Waals surface area contributed by atoms with E-state index in [1.165, 1.54) is 6.07 Å². The van der Waals surface area contributed by atoms with Crippen molar-refractivity contribution in [1.29, 1.82) is 0 Å². The molecule has 0 unspecified atom stereocenters. The fourth-order valence-electron chi connectivity index (χ4n) is 2.46. The molecule has 0 fully saturated rings. The SMILES string of the molecule is CC[C@H](C(=O)NCCc1nncn1C)c1cccc(C(F)(F)F)c1. The van der Waals surface area contributed by atoms with Crippen LogP contribution in [-0.4, -0.2) is 27.2 Å². The van der Waals surface area contributed by atoms with Gasteiger partial charge in [0.15, 0.2) is 0 Å². The van der Waals surface area contributed by atoms with Gasteiger partial charge in [-0.15, -0.1) is 10.2 Å². The lowest BCUT2D eigenvalue weighted by molar-refractivity contribution is -0.137. The average Bonchev–Trinajstić information content (AvgIpc) is 2.93. The molecule has 24 heavy (non-hydrogen) atoms. The van der Waals surface area contributed by atoms with Gasteiger partial charge in [-0.3, -0.25) is 4.79 Å². The molecule has 0 bridgehead atoms. The lowest BCUT2D eigenvalue weighted by Gasteiger charge is -2.17. The standard InChI is InChI=1S/C16H19F3N4O/c1-3-13(11-5-4-6-12(9-11)16(17,18)19)15(24)20-8-7-14-22-21-10-23(14)2/h4-6,9-10,13H,3,7-8H2,1-2H3,(H,20,24)/t13-/m0/s1. The first-order valence-corrected chi connectivity index (χ1v) is 7.60. The summed E-state index contributed by atoms with van der Waals surface area (Å²) in [6, 6.07) is 4.91. The van der Waals surface area contributed by atoms with Crippen LogP contribution in [0.15, 0.2) is 30.6 Å². The molecule has 0 saturated carbocycles. The number of hydrogen-bond donors (Lipinski definition) is 1. The molecular formula is C16H19F3N4O. The Morgan fingerprint density at radius 3 is 2.71 bits per heavy atom. The summed E-state index contributed by atoms with van der Waals surface area (Å²) in [6.45, 7) is 2.12. The van der Waals surface area contributed by atoms with Crippen LogP contribution < -0.4 is 5.32 Å². The minimum Gasteiger partial charge on any atom is -0.355 e. The van der Waals surface area contributed by atoms with Gasteiger partial charge in [-0.25, -0.2) is 0 Å². The monoisotopic (exact) mass is 340 g/mol. The normalized spacial score (nSPS) is 12.9. The Balaban J connectivity index is 2.02. The van der Waals surface area contributed by atoms with Crippen LogP contribution in [0.25, 0.3) is 0 Å². The van der Waals surface area contributed by atoms with Crippen molar-refractivity contribution in [2.45, 2.75) is 31.9 Å². The number of amides is 1. The molecule has 2 rings (SSSR count). The van der Waals surface area contributed by atoms with Crippen molar-refractivity contribution in [2.24, 2.45) is 7.05 Å². The summed E-state index contributed by atoms with van der Waals surface area (Å²) in [5.41, 5.74) is -0.381. The predicted molar refractivity (Wildman–Crippen MR) is 82.2 cm³/mol. The van der Waals surface area contributed by atoms with Gasteiger partial charge in [0.25, 0.3) is 0 Å². The van der Waals surface area contributed by atoms with Crippen LogP contribution in [0.4, 0.5) is 13.2 Å². The summed E-state index contributed by atoms with van der Waals surface area (Å²) in [4.78, 5) is 12.3. The number of carbonyl (C=O) groups is 1. The molecule has 1 amide bonds. The molecule has 1 aromatic carbocycles. The second kappa shape index (κ2) is 7.46. The van der Waals surface area contributed by atoms with Crippen LogP contribution in [0.1, 0.15) is 36.2 Å². The summed E-state index contributed by atoms with van der Waals surface area (Å²) in [7, 11) is 1.80. The van der Waals surface area contributed by atoms with Gasteiger partial charge in [0.1, 0.15) is 12.2 Å². The molecular weight excluding hydrogens is 321 g/mol. The van der Waals surface area contributed by atoms with Gasteiger partial charge in [0.2, 0.25) is 5.91 Å². The van der Waals surface area contributed by atoms with E-state index in [1.807, 2.05) is 0 Å². The number of alkyl halides is 3. The first kappa shape index (κ1) is 18.0. The van der Waals surface area contributed by atoms with Gasteiger partial charge in [-0.1, -0.05) is 25.1 Å². The highest BCUT2D eigenvalue weighted by Crippen LogP contribution is 2.31. The lowest BCUT2D eigenvalue weighted by Crippen LogP contribution is -2.31. The molecule has 1 aromatic heterocycles. The molecule has 130 valence electrons. The highest BCUT2D eigenvalue weighted by molar-refractivity contribution is 5.83. The molecule has 1 N–H and O–H groups in total. The zero-order chi connectivity index (χ0) is 17.7. The smallest absolute Gasteiger partial charge is 0.355 e. The fourth-order valence-corrected chi connectivity index (χ4v) is 2.46. The van der Waals surface area contributed by atoms with Crippen LogP contribution in [0, 0.1) is 0 Å². The quantitative estimate of drug-likeness (QED) is 0.879.